The van der Waals surface area contributed by atoms with E-state index in [1.165, 1.54) is 12.0 Å². The molecule has 0 radical (unpaired) electrons. The van der Waals surface area contributed by atoms with Crippen molar-refractivity contribution in [2.45, 2.75) is 69.4 Å². The molecule has 0 amide bonds. The van der Waals surface area contributed by atoms with E-state index >= 15 is 0 Å². The zero-order valence-electron chi connectivity index (χ0n) is 18.3. The van der Waals surface area contributed by atoms with E-state index < -0.39 is 10.0 Å². The number of thiazole rings is 1. The highest BCUT2D eigenvalue weighted by atomic mass is 32.2. The van der Waals surface area contributed by atoms with Gasteiger partial charge in [0, 0.05) is 22.7 Å². The highest BCUT2D eigenvalue weighted by Gasteiger charge is 2.28. The summed E-state index contributed by atoms with van der Waals surface area (Å²) in [6, 6.07) is 5.05. The number of aliphatic hydroxyl groups excluding tert-OH is 1. The average Bonchev–Trinajstić information content (AvgIpc) is 3.26. The van der Waals surface area contributed by atoms with Gasteiger partial charge in [-0.05, 0) is 56.7 Å². The van der Waals surface area contributed by atoms with E-state index in [0.717, 1.165) is 21.9 Å². The van der Waals surface area contributed by atoms with Gasteiger partial charge in [-0.15, -0.1) is 11.3 Å². The molecule has 7 nitrogen and oxygen atoms in total. The largest absolute Gasteiger partial charge is 0.495 e. The van der Waals surface area contributed by atoms with Gasteiger partial charge < -0.3 is 9.84 Å². The molecule has 1 fully saturated rings. The molecule has 0 bridgehead atoms. The van der Waals surface area contributed by atoms with Crippen LogP contribution in [0.15, 0.2) is 29.3 Å². The Hall–Kier alpha value is -1.94. The first kappa shape index (κ1) is 22.3. The minimum atomic E-state index is -3.79. The Morgan fingerprint density at radius 1 is 1.26 bits per heavy atom. The van der Waals surface area contributed by atoms with Crippen LogP contribution in [0.3, 0.4) is 0 Å². The lowest BCUT2D eigenvalue weighted by Gasteiger charge is -2.26. The first-order valence-electron chi connectivity index (χ1n) is 10.6. The summed E-state index contributed by atoms with van der Waals surface area (Å²) in [6.45, 7) is 6.23. The smallest absolute Gasteiger partial charge is 0.244 e. The number of hydrogen-bond acceptors (Lipinski definition) is 6. The molecule has 4 rings (SSSR count). The number of benzene rings is 1. The van der Waals surface area contributed by atoms with Crippen LogP contribution in [0, 0.1) is 6.92 Å². The number of hydrogen-bond donors (Lipinski definition) is 2. The second-order valence-corrected chi connectivity index (χ2v) is 11.2. The van der Waals surface area contributed by atoms with Gasteiger partial charge in [-0.1, -0.05) is 13.8 Å². The quantitative estimate of drug-likeness (QED) is 0.574. The van der Waals surface area contributed by atoms with Crippen molar-refractivity contribution in [1.29, 1.82) is 0 Å². The molecule has 1 aliphatic carbocycles. The highest BCUT2D eigenvalue weighted by Crippen LogP contribution is 2.35. The van der Waals surface area contributed by atoms with Gasteiger partial charge >= 0.3 is 0 Å². The van der Waals surface area contributed by atoms with Crippen LogP contribution in [0.1, 0.15) is 56.0 Å². The Balaban J connectivity index is 1.74. The molecule has 1 aliphatic rings. The van der Waals surface area contributed by atoms with Crippen molar-refractivity contribution in [1.82, 2.24) is 14.1 Å². The van der Waals surface area contributed by atoms with E-state index in [-0.39, 0.29) is 17.0 Å². The summed E-state index contributed by atoms with van der Waals surface area (Å²) in [5.41, 5.74) is 2.51. The standard InChI is InChI=1S/C22H29N3O4S2/c1-13(2)19-12-25-21(14(3)23-22(25)30-19)15-5-10-18(29-4)20(11-15)31(27,28)24-16-6-8-17(26)9-7-16/h5,10-13,16-17,24,26H,6-9H2,1-4H3. The number of methoxy groups -OCH3 is 1. The van der Waals surface area contributed by atoms with Gasteiger partial charge in [-0.3, -0.25) is 4.40 Å². The number of aliphatic hydroxyl groups is 1. The molecule has 3 aromatic rings. The number of imidazole rings is 1. The van der Waals surface area contributed by atoms with Crippen LogP contribution < -0.4 is 9.46 Å². The van der Waals surface area contributed by atoms with E-state index in [9.17, 15) is 13.5 Å². The molecule has 2 aromatic heterocycles. The molecule has 1 saturated carbocycles. The number of fused-ring (bicyclic) bond motifs is 1. The van der Waals surface area contributed by atoms with Crippen LogP contribution in [-0.4, -0.2) is 42.2 Å². The fourth-order valence-electron chi connectivity index (χ4n) is 4.10. The lowest BCUT2D eigenvalue weighted by Crippen LogP contribution is -2.38. The molecule has 2 heterocycles. The van der Waals surface area contributed by atoms with Gasteiger partial charge in [0.25, 0.3) is 0 Å². The first-order chi connectivity index (χ1) is 14.7. The maximum atomic E-state index is 13.3. The number of ether oxygens (including phenoxy) is 1. The van der Waals surface area contributed by atoms with Crippen molar-refractivity contribution < 1.29 is 18.3 Å². The first-order valence-corrected chi connectivity index (χ1v) is 12.9. The van der Waals surface area contributed by atoms with Gasteiger partial charge in [0.15, 0.2) is 4.96 Å². The summed E-state index contributed by atoms with van der Waals surface area (Å²) in [5.74, 6) is 0.698. The van der Waals surface area contributed by atoms with Crippen molar-refractivity contribution in [2.24, 2.45) is 0 Å². The van der Waals surface area contributed by atoms with E-state index in [1.54, 1.807) is 23.5 Å². The van der Waals surface area contributed by atoms with E-state index in [4.69, 9.17) is 4.74 Å². The summed E-state index contributed by atoms with van der Waals surface area (Å²) < 4.78 is 36.7. The summed E-state index contributed by atoms with van der Waals surface area (Å²) in [6.07, 6.45) is 4.20. The van der Waals surface area contributed by atoms with Gasteiger partial charge in [0.1, 0.15) is 10.6 Å². The number of aromatic nitrogens is 2. The Kier molecular flexibility index (Phi) is 6.13. The lowest BCUT2D eigenvalue weighted by atomic mass is 9.94. The second-order valence-electron chi connectivity index (χ2n) is 8.48. The molecule has 0 aliphatic heterocycles. The second kappa shape index (κ2) is 8.54. The molecule has 1 aromatic carbocycles. The molecule has 31 heavy (non-hydrogen) atoms. The maximum absolute atomic E-state index is 13.3. The maximum Gasteiger partial charge on any atom is 0.244 e. The Morgan fingerprint density at radius 2 is 1.97 bits per heavy atom. The molecule has 2 N–H and O–H groups in total. The van der Waals surface area contributed by atoms with Gasteiger partial charge in [-0.2, -0.15) is 0 Å². The lowest BCUT2D eigenvalue weighted by molar-refractivity contribution is 0.120. The third-order valence-corrected chi connectivity index (χ3v) is 8.66. The normalized spacial score (nSPS) is 19.9. The van der Waals surface area contributed by atoms with E-state index in [1.807, 2.05) is 17.4 Å². The summed E-state index contributed by atoms with van der Waals surface area (Å²) in [4.78, 5) is 6.93. The zero-order chi connectivity index (χ0) is 22.3. The molecule has 9 heteroatoms. The fraction of sp³-hybridized carbons (Fsp3) is 0.500. The molecule has 0 saturated heterocycles. The van der Waals surface area contributed by atoms with Crippen LogP contribution in [0.25, 0.3) is 16.2 Å². The molecule has 168 valence electrons. The minimum absolute atomic E-state index is 0.118. The van der Waals surface area contributed by atoms with Crippen molar-refractivity contribution in [3.63, 3.8) is 0 Å². The predicted octanol–water partition coefficient (Wildman–Crippen LogP) is 4.09. The number of rotatable bonds is 6. The molecular weight excluding hydrogens is 434 g/mol. The minimum Gasteiger partial charge on any atom is -0.495 e. The predicted molar refractivity (Wildman–Crippen MR) is 122 cm³/mol. The van der Waals surface area contributed by atoms with Crippen LogP contribution in [-0.2, 0) is 10.0 Å². The number of sulfonamides is 1. The monoisotopic (exact) mass is 463 g/mol. The fourth-order valence-corrected chi connectivity index (χ4v) is 6.63. The Bertz CT molecular complexity index is 1190. The van der Waals surface area contributed by atoms with Gasteiger partial charge in [0.2, 0.25) is 10.0 Å². The zero-order valence-corrected chi connectivity index (χ0v) is 19.9. The summed E-state index contributed by atoms with van der Waals surface area (Å²) in [5, 5.41) is 9.71. The van der Waals surface area contributed by atoms with Crippen LogP contribution in [0.4, 0.5) is 0 Å². The van der Waals surface area contributed by atoms with Crippen LogP contribution in [0.5, 0.6) is 5.75 Å². The van der Waals surface area contributed by atoms with Gasteiger partial charge in [0.05, 0.1) is 24.6 Å². The van der Waals surface area contributed by atoms with Gasteiger partial charge in [-0.25, -0.2) is 18.1 Å². The summed E-state index contributed by atoms with van der Waals surface area (Å²) in [7, 11) is -2.32. The van der Waals surface area contributed by atoms with E-state index in [2.05, 4.69) is 29.8 Å². The van der Waals surface area contributed by atoms with E-state index in [0.29, 0.717) is 37.4 Å². The Morgan fingerprint density at radius 3 is 2.61 bits per heavy atom. The summed E-state index contributed by atoms with van der Waals surface area (Å²) >= 11 is 1.65. The third kappa shape index (κ3) is 4.37. The van der Waals surface area contributed by atoms with Crippen molar-refractivity contribution >= 4 is 26.3 Å². The van der Waals surface area contributed by atoms with Crippen molar-refractivity contribution in [3.8, 4) is 17.0 Å². The Labute approximate surface area is 187 Å². The SMILES string of the molecule is COc1ccc(-c2c(C)nc3sc(C(C)C)cn23)cc1S(=O)(=O)NC1CCC(O)CC1. The third-order valence-electron chi connectivity index (χ3n) is 5.83. The van der Waals surface area contributed by atoms with Crippen molar-refractivity contribution in [2.75, 3.05) is 7.11 Å². The molecule has 0 unspecified atom stereocenters. The molecule has 0 atom stereocenters. The van der Waals surface area contributed by atoms with Crippen LogP contribution >= 0.6 is 11.3 Å². The molecular formula is C22H29N3O4S2. The highest BCUT2D eigenvalue weighted by molar-refractivity contribution is 7.89. The molecule has 0 spiro atoms. The number of aryl methyl sites for hydroxylation is 1. The number of nitrogens with one attached hydrogen (secondary N) is 1. The number of nitrogens with zero attached hydrogens (tertiary/aromatic N) is 2. The topological polar surface area (TPSA) is 92.9 Å². The van der Waals surface area contributed by atoms with Crippen molar-refractivity contribution in [3.05, 3.63) is 35.0 Å². The average molecular weight is 464 g/mol. The van der Waals surface area contributed by atoms with Crippen LogP contribution in [0.2, 0.25) is 0 Å².